The van der Waals surface area contributed by atoms with Gasteiger partial charge in [-0.05, 0) is 35.7 Å². The van der Waals surface area contributed by atoms with Crippen LogP contribution in [0.5, 0.6) is 0 Å². The van der Waals surface area contributed by atoms with Crippen LogP contribution in [0.1, 0.15) is 35.7 Å². The molecule has 5 nitrogen and oxygen atoms in total. The molecular formula is C15H17ClN4O. The second-order valence-corrected chi connectivity index (χ2v) is 5.33. The summed E-state index contributed by atoms with van der Waals surface area (Å²) in [6, 6.07) is 10.7. The molecule has 1 heterocycles. The van der Waals surface area contributed by atoms with Crippen LogP contribution in [0.2, 0.25) is 5.15 Å². The molecule has 0 bridgehead atoms. The molecule has 0 atom stereocenters. The Labute approximate surface area is 128 Å². The van der Waals surface area contributed by atoms with E-state index in [2.05, 4.69) is 29.6 Å². The first-order chi connectivity index (χ1) is 9.99. The molecule has 2 rings (SSSR count). The van der Waals surface area contributed by atoms with Gasteiger partial charge in [0.1, 0.15) is 11.0 Å². The fourth-order valence-electron chi connectivity index (χ4n) is 1.86. The van der Waals surface area contributed by atoms with Crippen molar-refractivity contribution < 1.29 is 4.79 Å². The lowest BCUT2D eigenvalue weighted by atomic mass is 10.0. The molecule has 1 amide bonds. The van der Waals surface area contributed by atoms with Crippen molar-refractivity contribution >= 4 is 29.0 Å². The number of nitrogen functional groups attached to an aromatic ring is 1. The number of amides is 1. The Bertz CT molecular complexity index is 641. The van der Waals surface area contributed by atoms with E-state index < -0.39 is 0 Å². The molecule has 2 aromatic rings. The Morgan fingerprint density at radius 2 is 1.90 bits per heavy atom. The molecule has 0 aliphatic rings. The Hall–Kier alpha value is -2.11. The second kappa shape index (κ2) is 6.56. The normalized spacial score (nSPS) is 10.5. The number of nitrogens with zero attached hydrogens (tertiary/aromatic N) is 1. The van der Waals surface area contributed by atoms with E-state index in [-0.39, 0.29) is 11.1 Å². The van der Waals surface area contributed by atoms with Gasteiger partial charge in [-0.15, -0.1) is 0 Å². The molecule has 1 aromatic heterocycles. The lowest BCUT2D eigenvalue weighted by molar-refractivity contribution is 0.102. The van der Waals surface area contributed by atoms with Crippen LogP contribution >= 0.6 is 11.6 Å². The van der Waals surface area contributed by atoms with E-state index in [1.165, 1.54) is 17.7 Å². The van der Waals surface area contributed by atoms with Gasteiger partial charge in [0.05, 0.1) is 0 Å². The molecule has 4 N–H and O–H groups in total. The minimum atomic E-state index is -0.270. The minimum Gasteiger partial charge on any atom is -0.322 e. The molecule has 0 fully saturated rings. The van der Waals surface area contributed by atoms with E-state index in [0.29, 0.717) is 17.3 Å². The van der Waals surface area contributed by atoms with Crippen molar-refractivity contribution in [3.63, 3.8) is 0 Å². The number of anilines is 2. The molecule has 1 aromatic carbocycles. The number of hydrogen-bond acceptors (Lipinski definition) is 4. The first kappa shape index (κ1) is 15.3. The van der Waals surface area contributed by atoms with Crippen LogP contribution in [0.4, 0.5) is 11.5 Å². The van der Waals surface area contributed by atoms with E-state index in [0.717, 1.165) is 5.69 Å². The largest absolute Gasteiger partial charge is 0.322 e. The quantitative estimate of drug-likeness (QED) is 0.459. The van der Waals surface area contributed by atoms with Crippen molar-refractivity contribution in [2.75, 3.05) is 10.7 Å². The van der Waals surface area contributed by atoms with Crippen molar-refractivity contribution in [1.29, 1.82) is 0 Å². The standard InChI is InChI=1S/C15H17ClN4O/c1-9(2)10-3-5-12(6-4-10)18-15(21)11-7-13(16)19-14(8-11)20-17/h3-9H,17H2,1-2H3,(H,18,21)(H,19,20). The average molecular weight is 305 g/mol. The summed E-state index contributed by atoms with van der Waals surface area (Å²) in [5.74, 6) is 5.80. The van der Waals surface area contributed by atoms with Crippen LogP contribution in [-0.2, 0) is 0 Å². The zero-order chi connectivity index (χ0) is 15.4. The maximum atomic E-state index is 12.2. The highest BCUT2D eigenvalue weighted by molar-refractivity contribution is 6.30. The number of halogens is 1. The average Bonchev–Trinajstić information content (AvgIpc) is 2.47. The number of rotatable bonds is 4. The predicted octanol–water partition coefficient (Wildman–Crippen LogP) is 3.40. The molecule has 0 saturated heterocycles. The summed E-state index contributed by atoms with van der Waals surface area (Å²) in [6.45, 7) is 4.24. The summed E-state index contributed by atoms with van der Waals surface area (Å²) in [5, 5.41) is 3.01. The molecule has 6 heteroatoms. The Balaban J connectivity index is 2.15. The molecule has 0 aliphatic heterocycles. The number of carbonyl (C=O) groups is 1. The van der Waals surface area contributed by atoms with E-state index in [1.54, 1.807) is 0 Å². The van der Waals surface area contributed by atoms with E-state index in [1.807, 2.05) is 24.3 Å². The van der Waals surface area contributed by atoms with Gasteiger partial charge in [0.15, 0.2) is 0 Å². The molecule has 0 spiro atoms. The number of hydrogen-bond donors (Lipinski definition) is 3. The van der Waals surface area contributed by atoms with Gasteiger partial charge in [-0.1, -0.05) is 37.6 Å². The predicted molar refractivity (Wildman–Crippen MR) is 85.5 cm³/mol. The third kappa shape index (κ3) is 3.93. The van der Waals surface area contributed by atoms with Crippen molar-refractivity contribution in [2.24, 2.45) is 5.84 Å². The van der Waals surface area contributed by atoms with Crippen LogP contribution in [0.15, 0.2) is 36.4 Å². The summed E-state index contributed by atoms with van der Waals surface area (Å²) < 4.78 is 0. The number of pyridine rings is 1. The number of aromatic nitrogens is 1. The smallest absolute Gasteiger partial charge is 0.255 e. The van der Waals surface area contributed by atoms with Gasteiger partial charge in [0.2, 0.25) is 0 Å². The molecule has 0 saturated carbocycles. The van der Waals surface area contributed by atoms with Gasteiger partial charge in [-0.25, -0.2) is 10.8 Å². The number of benzene rings is 1. The van der Waals surface area contributed by atoms with E-state index in [9.17, 15) is 4.79 Å². The van der Waals surface area contributed by atoms with Crippen molar-refractivity contribution in [2.45, 2.75) is 19.8 Å². The minimum absolute atomic E-state index is 0.200. The number of nitrogens with one attached hydrogen (secondary N) is 2. The first-order valence-electron chi connectivity index (χ1n) is 6.55. The third-order valence-corrected chi connectivity index (χ3v) is 3.23. The summed E-state index contributed by atoms with van der Waals surface area (Å²) in [6.07, 6.45) is 0. The highest BCUT2D eigenvalue weighted by Crippen LogP contribution is 2.19. The number of hydrazine groups is 1. The first-order valence-corrected chi connectivity index (χ1v) is 6.93. The third-order valence-electron chi connectivity index (χ3n) is 3.04. The lowest BCUT2D eigenvalue weighted by Crippen LogP contribution is -2.14. The highest BCUT2D eigenvalue weighted by Gasteiger charge is 2.10. The topological polar surface area (TPSA) is 80.0 Å². The fraction of sp³-hybridized carbons (Fsp3) is 0.200. The van der Waals surface area contributed by atoms with Crippen LogP contribution in [0.3, 0.4) is 0 Å². The van der Waals surface area contributed by atoms with Crippen molar-refractivity contribution in [3.05, 3.63) is 52.7 Å². The zero-order valence-corrected chi connectivity index (χ0v) is 12.6. The van der Waals surface area contributed by atoms with Crippen LogP contribution < -0.4 is 16.6 Å². The van der Waals surface area contributed by atoms with Crippen LogP contribution in [0, 0.1) is 0 Å². The summed E-state index contributed by atoms with van der Waals surface area (Å²) in [7, 11) is 0. The molecule has 0 aliphatic carbocycles. The van der Waals surface area contributed by atoms with Gasteiger partial charge in [-0.2, -0.15) is 0 Å². The van der Waals surface area contributed by atoms with Gasteiger partial charge < -0.3 is 10.7 Å². The number of nitrogens with two attached hydrogens (primary N) is 1. The van der Waals surface area contributed by atoms with Gasteiger partial charge >= 0.3 is 0 Å². The van der Waals surface area contributed by atoms with Gasteiger partial charge in [0, 0.05) is 11.3 Å². The summed E-state index contributed by atoms with van der Waals surface area (Å²) in [4.78, 5) is 16.1. The maximum Gasteiger partial charge on any atom is 0.255 e. The molecule has 0 radical (unpaired) electrons. The monoisotopic (exact) mass is 304 g/mol. The van der Waals surface area contributed by atoms with Crippen molar-refractivity contribution in [1.82, 2.24) is 4.98 Å². The fourth-order valence-corrected chi connectivity index (χ4v) is 2.07. The van der Waals surface area contributed by atoms with Gasteiger partial charge in [-0.3, -0.25) is 4.79 Å². The maximum absolute atomic E-state index is 12.2. The van der Waals surface area contributed by atoms with E-state index in [4.69, 9.17) is 17.4 Å². The molecule has 110 valence electrons. The second-order valence-electron chi connectivity index (χ2n) is 4.94. The molecule has 0 unspecified atom stereocenters. The SMILES string of the molecule is CC(C)c1ccc(NC(=O)c2cc(Cl)nc(NN)c2)cc1. The Kier molecular flexibility index (Phi) is 4.77. The van der Waals surface area contributed by atoms with Gasteiger partial charge in [0.25, 0.3) is 5.91 Å². The van der Waals surface area contributed by atoms with E-state index >= 15 is 0 Å². The Morgan fingerprint density at radius 1 is 1.24 bits per heavy atom. The summed E-state index contributed by atoms with van der Waals surface area (Å²) >= 11 is 5.84. The molecular weight excluding hydrogens is 288 g/mol. The zero-order valence-electron chi connectivity index (χ0n) is 11.9. The number of carbonyl (C=O) groups excluding carboxylic acids is 1. The van der Waals surface area contributed by atoms with Crippen molar-refractivity contribution in [3.8, 4) is 0 Å². The Morgan fingerprint density at radius 3 is 2.48 bits per heavy atom. The van der Waals surface area contributed by atoms with Crippen LogP contribution in [-0.4, -0.2) is 10.9 Å². The highest BCUT2D eigenvalue weighted by atomic mass is 35.5. The lowest BCUT2D eigenvalue weighted by Gasteiger charge is -2.09. The summed E-state index contributed by atoms with van der Waals surface area (Å²) in [5.41, 5.74) is 4.70. The van der Waals surface area contributed by atoms with Crippen LogP contribution in [0.25, 0.3) is 0 Å². The molecule has 21 heavy (non-hydrogen) atoms.